The number of carbonyl (C=O) groups excluding carboxylic acids is 2. The molecule has 0 radical (unpaired) electrons. The van der Waals surface area contributed by atoms with Crippen LogP contribution < -0.4 is 11.1 Å². The molecule has 2 amide bonds. The highest BCUT2D eigenvalue weighted by molar-refractivity contribution is 8.14. The predicted molar refractivity (Wildman–Crippen MR) is 70.2 cm³/mol. The lowest BCUT2D eigenvalue weighted by Gasteiger charge is -2.27. The number of nitrogens with one attached hydrogen (secondary N) is 1. The summed E-state index contributed by atoms with van der Waals surface area (Å²) in [6.07, 6.45) is 3.26. The Morgan fingerprint density at radius 1 is 1.33 bits per heavy atom. The van der Waals surface area contributed by atoms with Gasteiger partial charge in [-0.2, -0.15) is 0 Å². The molecular formula is C12H19N3O2S. The van der Waals surface area contributed by atoms with E-state index in [1.54, 1.807) is 0 Å². The van der Waals surface area contributed by atoms with Crippen molar-refractivity contribution in [3.05, 3.63) is 0 Å². The molecule has 0 spiro atoms. The second-order valence-corrected chi connectivity index (χ2v) is 6.62. The van der Waals surface area contributed by atoms with Gasteiger partial charge < -0.3 is 16.0 Å². The van der Waals surface area contributed by atoms with Crippen LogP contribution in [-0.4, -0.2) is 47.0 Å². The van der Waals surface area contributed by atoms with E-state index in [1.165, 1.54) is 11.8 Å². The smallest absolute Gasteiger partial charge is 0.279 e. The highest BCUT2D eigenvalue weighted by atomic mass is 32.2. The van der Waals surface area contributed by atoms with Crippen molar-refractivity contribution in [2.24, 2.45) is 17.6 Å². The summed E-state index contributed by atoms with van der Waals surface area (Å²) in [4.78, 5) is 25.4. The van der Waals surface area contributed by atoms with Crippen LogP contribution >= 0.6 is 11.8 Å². The van der Waals surface area contributed by atoms with Crippen LogP contribution in [0.3, 0.4) is 0 Å². The van der Waals surface area contributed by atoms with Crippen molar-refractivity contribution in [3.8, 4) is 0 Å². The van der Waals surface area contributed by atoms with Crippen LogP contribution in [0.5, 0.6) is 0 Å². The van der Waals surface area contributed by atoms with Gasteiger partial charge in [0.25, 0.3) is 5.24 Å². The van der Waals surface area contributed by atoms with Crippen molar-refractivity contribution < 1.29 is 9.59 Å². The molecule has 18 heavy (non-hydrogen) atoms. The van der Waals surface area contributed by atoms with Crippen molar-refractivity contribution in [3.63, 3.8) is 0 Å². The molecule has 0 bridgehead atoms. The van der Waals surface area contributed by atoms with Crippen molar-refractivity contribution in [2.45, 2.75) is 31.3 Å². The number of hydrogen-bond acceptors (Lipinski definition) is 4. The van der Waals surface area contributed by atoms with Crippen molar-refractivity contribution in [2.75, 3.05) is 18.8 Å². The average molecular weight is 269 g/mol. The molecule has 3 N–H and O–H groups in total. The first-order valence-electron chi connectivity index (χ1n) is 6.61. The van der Waals surface area contributed by atoms with E-state index in [2.05, 4.69) is 5.32 Å². The fourth-order valence-electron chi connectivity index (χ4n) is 3.39. The molecule has 0 aromatic rings. The lowest BCUT2D eigenvalue weighted by atomic mass is 9.79. The van der Waals surface area contributed by atoms with E-state index in [0.717, 1.165) is 32.4 Å². The molecule has 2 saturated heterocycles. The number of fused-ring (bicyclic) bond motifs is 1. The van der Waals surface area contributed by atoms with Gasteiger partial charge in [0.05, 0.1) is 0 Å². The predicted octanol–water partition coefficient (Wildman–Crippen LogP) is 0.397. The van der Waals surface area contributed by atoms with Gasteiger partial charge >= 0.3 is 0 Å². The standard InChI is InChI=1S/C12H19N3O2S/c13-9-2-1-7-4-15(5-8(7)3-9)11(16)10-6-18-12(17)14-10/h7-10H,1-6,13H2,(H,14,17)/t7-,8+,9?,10?/m1/s1. The van der Waals surface area contributed by atoms with Gasteiger partial charge in [-0.25, -0.2) is 0 Å². The van der Waals surface area contributed by atoms with Crippen molar-refractivity contribution in [1.82, 2.24) is 10.2 Å². The normalized spacial score (nSPS) is 39.6. The van der Waals surface area contributed by atoms with E-state index in [0.29, 0.717) is 23.6 Å². The summed E-state index contributed by atoms with van der Waals surface area (Å²) < 4.78 is 0. The van der Waals surface area contributed by atoms with Crippen LogP contribution in [0, 0.1) is 11.8 Å². The van der Waals surface area contributed by atoms with Crippen molar-refractivity contribution >= 4 is 22.9 Å². The zero-order chi connectivity index (χ0) is 12.7. The molecule has 3 aliphatic rings. The van der Waals surface area contributed by atoms with Crippen LogP contribution in [0.15, 0.2) is 0 Å². The lowest BCUT2D eigenvalue weighted by Crippen LogP contribution is -2.44. The molecule has 100 valence electrons. The minimum Gasteiger partial charge on any atom is -0.340 e. The highest BCUT2D eigenvalue weighted by Crippen LogP contribution is 2.36. The zero-order valence-corrected chi connectivity index (χ0v) is 11.1. The molecule has 2 heterocycles. The molecule has 4 atom stereocenters. The average Bonchev–Trinajstić information content (AvgIpc) is 2.93. The second kappa shape index (κ2) is 4.74. The van der Waals surface area contributed by atoms with Gasteiger partial charge in [-0.15, -0.1) is 0 Å². The van der Waals surface area contributed by atoms with Gasteiger partial charge in [-0.1, -0.05) is 11.8 Å². The number of carbonyl (C=O) groups is 2. The number of likely N-dealkylation sites (tertiary alicyclic amines) is 1. The van der Waals surface area contributed by atoms with E-state index in [4.69, 9.17) is 5.73 Å². The molecule has 1 aliphatic carbocycles. The molecule has 1 saturated carbocycles. The highest BCUT2D eigenvalue weighted by Gasteiger charge is 2.41. The Kier molecular flexibility index (Phi) is 3.23. The monoisotopic (exact) mass is 269 g/mol. The van der Waals surface area contributed by atoms with E-state index in [9.17, 15) is 9.59 Å². The van der Waals surface area contributed by atoms with E-state index in [1.807, 2.05) is 4.90 Å². The maximum atomic E-state index is 12.3. The van der Waals surface area contributed by atoms with E-state index in [-0.39, 0.29) is 17.2 Å². The number of hydrogen-bond donors (Lipinski definition) is 2. The van der Waals surface area contributed by atoms with Gasteiger partial charge in [-0.3, -0.25) is 9.59 Å². The van der Waals surface area contributed by atoms with Gasteiger partial charge in [0.1, 0.15) is 6.04 Å². The fraction of sp³-hybridized carbons (Fsp3) is 0.833. The Balaban J connectivity index is 1.61. The van der Waals surface area contributed by atoms with Crippen LogP contribution in [0.4, 0.5) is 4.79 Å². The van der Waals surface area contributed by atoms with Crippen LogP contribution in [0.1, 0.15) is 19.3 Å². The summed E-state index contributed by atoms with van der Waals surface area (Å²) in [5, 5.41) is 2.65. The Bertz CT molecular complexity index is 376. The fourth-order valence-corrected chi connectivity index (χ4v) is 4.16. The molecule has 5 nitrogen and oxygen atoms in total. The first-order chi connectivity index (χ1) is 8.63. The molecule has 3 fully saturated rings. The summed E-state index contributed by atoms with van der Waals surface area (Å²) in [7, 11) is 0. The molecule has 2 aliphatic heterocycles. The van der Waals surface area contributed by atoms with Gasteiger partial charge in [0.2, 0.25) is 5.91 Å². The SMILES string of the molecule is NC1CC[C@@H]2CN(C(=O)C3CSC(=O)N3)C[C@@H]2C1. The minimum absolute atomic E-state index is 0.0769. The molecule has 2 unspecified atom stereocenters. The Labute approximate surface area is 111 Å². The van der Waals surface area contributed by atoms with Crippen LogP contribution in [0.2, 0.25) is 0 Å². The summed E-state index contributed by atoms with van der Waals surface area (Å²) in [5.41, 5.74) is 5.99. The Morgan fingerprint density at radius 2 is 2.11 bits per heavy atom. The molecule has 0 aromatic carbocycles. The summed E-state index contributed by atoms with van der Waals surface area (Å²) in [5.74, 6) is 1.86. The number of thioether (sulfide) groups is 1. The topological polar surface area (TPSA) is 75.4 Å². The number of amides is 2. The van der Waals surface area contributed by atoms with E-state index >= 15 is 0 Å². The third-order valence-electron chi connectivity index (χ3n) is 4.37. The van der Waals surface area contributed by atoms with Crippen LogP contribution in [0.25, 0.3) is 0 Å². The first-order valence-corrected chi connectivity index (χ1v) is 7.59. The third-order valence-corrected chi connectivity index (χ3v) is 5.25. The molecule has 6 heteroatoms. The second-order valence-electron chi connectivity index (χ2n) is 5.63. The van der Waals surface area contributed by atoms with Crippen LogP contribution in [-0.2, 0) is 4.79 Å². The number of rotatable bonds is 1. The molecular weight excluding hydrogens is 250 g/mol. The lowest BCUT2D eigenvalue weighted by molar-refractivity contribution is -0.131. The van der Waals surface area contributed by atoms with E-state index < -0.39 is 0 Å². The maximum absolute atomic E-state index is 12.3. The molecule has 3 rings (SSSR count). The number of nitrogens with zero attached hydrogens (tertiary/aromatic N) is 1. The molecule has 0 aromatic heterocycles. The summed E-state index contributed by atoms with van der Waals surface area (Å²) in [6.45, 7) is 1.68. The van der Waals surface area contributed by atoms with Gasteiger partial charge in [0, 0.05) is 24.9 Å². The first kappa shape index (κ1) is 12.3. The van der Waals surface area contributed by atoms with Gasteiger partial charge in [-0.05, 0) is 31.1 Å². The largest absolute Gasteiger partial charge is 0.340 e. The third kappa shape index (κ3) is 2.23. The summed E-state index contributed by atoms with van der Waals surface area (Å²) in [6, 6.07) is -0.000586. The van der Waals surface area contributed by atoms with Crippen molar-refractivity contribution in [1.29, 1.82) is 0 Å². The zero-order valence-electron chi connectivity index (χ0n) is 10.3. The summed E-state index contributed by atoms with van der Waals surface area (Å²) >= 11 is 1.20. The quantitative estimate of drug-likeness (QED) is 0.722. The maximum Gasteiger partial charge on any atom is 0.279 e. The Morgan fingerprint density at radius 3 is 2.83 bits per heavy atom. The Hall–Kier alpha value is -0.750. The van der Waals surface area contributed by atoms with Gasteiger partial charge in [0.15, 0.2) is 0 Å². The minimum atomic E-state index is -0.309. The number of nitrogens with two attached hydrogens (primary N) is 1.